The molecule has 0 saturated carbocycles. The lowest BCUT2D eigenvalue weighted by atomic mass is 10.0. The molecule has 0 atom stereocenters. The monoisotopic (exact) mass is 442 g/mol. The summed E-state index contributed by atoms with van der Waals surface area (Å²) >= 11 is 0. The number of para-hydroxylation sites is 1. The van der Waals surface area contributed by atoms with E-state index >= 15 is 0 Å². The first kappa shape index (κ1) is 22.1. The van der Waals surface area contributed by atoms with Crippen molar-refractivity contribution in [2.75, 3.05) is 23.9 Å². The van der Waals surface area contributed by atoms with Gasteiger partial charge in [0.2, 0.25) is 0 Å². The van der Waals surface area contributed by atoms with Gasteiger partial charge in [-0.15, -0.1) is 0 Å². The third-order valence-electron chi connectivity index (χ3n) is 5.64. The normalized spacial score (nSPS) is 13.5. The van der Waals surface area contributed by atoms with Crippen molar-refractivity contribution in [1.29, 1.82) is 0 Å². The number of benzene rings is 3. The fraction of sp³-hybridized carbons (Fsp3) is 0.185. The molecular weight excluding hydrogens is 416 g/mol. The topological polar surface area (TPSA) is 67.9 Å². The molecule has 3 aromatic rings. The van der Waals surface area contributed by atoms with Crippen LogP contribution in [0.4, 0.5) is 11.4 Å². The highest BCUT2D eigenvalue weighted by atomic mass is 16.5. The van der Waals surface area contributed by atoms with E-state index in [0.717, 1.165) is 16.9 Å². The van der Waals surface area contributed by atoms with E-state index in [1.807, 2.05) is 69.3 Å². The number of amides is 2. The van der Waals surface area contributed by atoms with Gasteiger partial charge < -0.3 is 14.8 Å². The van der Waals surface area contributed by atoms with E-state index in [4.69, 9.17) is 9.47 Å². The largest absolute Gasteiger partial charge is 0.496 e. The van der Waals surface area contributed by atoms with Gasteiger partial charge in [0, 0.05) is 11.3 Å². The standard InChI is InChI=1S/C27H26N2O4/c1-5-33-21-14-11-19(12-15-21)28-25-24(22-8-6-7-9-23(22)32-4)26(30)29(27(25)31)20-13-10-17(2)18(3)16-20/h6-16,28H,5H2,1-4H3. The second kappa shape index (κ2) is 9.20. The molecule has 0 fully saturated rings. The SMILES string of the molecule is CCOc1ccc(NC2=C(c3ccccc3OC)C(=O)N(c3ccc(C)c(C)c3)C2=O)cc1. The maximum atomic E-state index is 13.7. The van der Waals surface area contributed by atoms with Crippen LogP contribution in [-0.2, 0) is 9.59 Å². The molecule has 1 aliphatic heterocycles. The molecule has 6 nitrogen and oxygen atoms in total. The molecule has 33 heavy (non-hydrogen) atoms. The summed E-state index contributed by atoms with van der Waals surface area (Å²) in [6.07, 6.45) is 0. The van der Waals surface area contributed by atoms with E-state index in [9.17, 15) is 9.59 Å². The van der Waals surface area contributed by atoms with Crippen LogP contribution in [-0.4, -0.2) is 25.5 Å². The van der Waals surface area contributed by atoms with Crippen LogP contribution in [0.5, 0.6) is 11.5 Å². The number of carbonyl (C=O) groups excluding carboxylic acids is 2. The van der Waals surface area contributed by atoms with Gasteiger partial charge in [0.05, 0.1) is 25.0 Å². The van der Waals surface area contributed by atoms with E-state index < -0.39 is 11.8 Å². The summed E-state index contributed by atoms with van der Waals surface area (Å²) in [5.41, 5.74) is 4.31. The van der Waals surface area contributed by atoms with Crippen molar-refractivity contribution >= 4 is 28.8 Å². The summed E-state index contributed by atoms with van der Waals surface area (Å²) in [6, 6.07) is 20.0. The van der Waals surface area contributed by atoms with Crippen molar-refractivity contribution in [3.8, 4) is 11.5 Å². The van der Waals surface area contributed by atoms with Crippen LogP contribution < -0.4 is 19.7 Å². The predicted octanol–water partition coefficient (Wildman–Crippen LogP) is 5.11. The lowest BCUT2D eigenvalue weighted by molar-refractivity contribution is -0.120. The minimum atomic E-state index is -0.418. The number of methoxy groups -OCH3 is 1. The van der Waals surface area contributed by atoms with Gasteiger partial charge in [0.15, 0.2) is 0 Å². The second-order valence-corrected chi connectivity index (χ2v) is 7.75. The lowest BCUT2D eigenvalue weighted by Crippen LogP contribution is -2.32. The Bertz CT molecular complexity index is 1250. The van der Waals surface area contributed by atoms with Gasteiger partial charge in [-0.2, -0.15) is 0 Å². The summed E-state index contributed by atoms with van der Waals surface area (Å²) in [5.74, 6) is 0.424. The second-order valence-electron chi connectivity index (χ2n) is 7.75. The third-order valence-corrected chi connectivity index (χ3v) is 5.64. The molecule has 0 aromatic heterocycles. The molecule has 0 unspecified atom stereocenters. The van der Waals surface area contributed by atoms with Crippen LogP contribution in [0.1, 0.15) is 23.6 Å². The first-order valence-corrected chi connectivity index (χ1v) is 10.8. The van der Waals surface area contributed by atoms with Crippen molar-refractivity contribution < 1.29 is 19.1 Å². The highest BCUT2D eigenvalue weighted by Crippen LogP contribution is 2.37. The molecule has 0 saturated heterocycles. The molecule has 168 valence electrons. The number of rotatable bonds is 7. The summed E-state index contributed by atoms with van der Waals surface area (Å²) in [5, 5.41) is 3.17. The van der Waals surface area contributed by atoms with Gasteiger partial charge in [0.25, 0.3) is 11.8 Å². The predicted molar refractivity (Wildman–Crippen MR) is 130 cm³/mol. The lowest BCUT2D eigenvalue weighted by Gasteiger charge is -2.17. The Hall–Kier alpha value is -4.06. The molecule has 4 rings (SSSR count). The van der Waals surface area contributed by atoms with E-state index in [1.165, 1.54) is 4.90 Å². The quantitative estimate of drug-likeness (QED) is 0.515. The van der Waals surface area contributed by atoms with Crippen molar-refractivity contribution in [3.05, 3.63) is 89.1 Å². The Kier molecular flexibility index (Phi) is 6.18. The number of carbonyl (C=O) groups is 2. The highest BCUT2D eigenvalue weighted by Gasteiger charge is 2.41. The van der Waals surface area contributed by atoms with Gasteiger partial charge in [-0.3, -0.25) is 9.59 Å². The van der Waals surface area contributed by atoms with Gasteiger partial charge >= 0.3 is 0 Å². The van der Waals surface area contributed by atoms with E-state index in [1.54, 1.807) is 25.3 Å². The molecule has 0 spiro atoms. The molecule has 0 aliphatic carbocycles. The summed E-state index contributed by atoms with van der Waals surface area (Å²) in [6.45, 7) is 6.43. The van der Waals surface area contributed by atoms with Crippen LogP contribution in [0, 0.1) is 13.8 Å². The summed E-state index contributed by atoms with van der Waals surface area (Å²) < 4.78 is 11.0. The van der Waals surface area contributed by atoms with E-state index in [-0.39, 0.29) is 11.3 Å². The summed E-state index contributed by atoms with van der Waals surface area (Å²) in [7, 11) is 1.54. The van der Waals surface area contributed by atoms with Crippen LogP contribution >= 0.6 is 0 Å². The molecular formula is C27H26N2O4. The molecule has 0 radical (unpaired) electrons. The number of hydrogen-bond acceptors (Lipinski definition) is 5. The number of nitrogens with one attached hydrogen (secondary N) is 1. The van der Waals surface area contributed by atoms with Gasteiger partial charge in [0.1, 0.15) is 17.2 Å². The van der Waals surface area contributed by atoms with Crippen molar-refractivity contribution in [2.24, 2.45) is 0 Å². The number of aryl methyl sites for hydroxylation is 2. The van der Waals surface area contributed by atoms with Crippen LogP contribution in [0.25, 0.3) is 5.57 Å². The zero-order chi connectivity index (χ0) is 23.5. The number of hydrogen-bond donors (Lipinski definition) is 1. The third kappa shape index (κ3) is 4.20. The first-order valence-electron chi connectivity index (χ1n) is 10.8. The zero-order valence-electron chi connectivity index (χ0n) is 19.1. The molecule has 1 N–H and O–H groups in total. The number of nitrogens with zero attached hydrogens (tertiary/aromatic N) is 1. The Morgan fingerprint density at radius 2 is 1.61 bits per heavy atom. The van der Waals surface area contributed by atoms with Crippen LogP contribution in [0.3, 0.4) is 0 Å². The number of imide groups is 1. The molecule has 6 heteroatoms. The fourth-order valence-electron chi connectivity index (χ4n) is 3.79. The van der Waals surface area contributed by atoms with Gasteiger partial charge in [-0.25, -0.2) is 4.90 Å². The molecule has 0 bridgehead atoms. The number of ether oxygens (including phenoxy) is 2. The van der Waals surface area contributed by atoms with Crippen molar-refractivity contribution in [1.82, 2.24) is 0 Å². The minimum Gasteiger partial charge on any atom is -0.496 e. The minimum absolute atomic E-state index is 0.201. The Morgan fingerprint density at radius 3 is 2.27 bits per heavy atom. The number of anilines is 2. The van der Waals surface area contributed by atoms with Gasteiger partial charge in [-0.1, -0.05) is 24.3 Å². The highest BCUT2D eigenvalue weighted by molar-refractivity contribution is 6.46. The molecule has 1 aliphatic rings. The molecule has 1 heterocycles. The first-order chi connectivity index (χ1) is 15.9. The average molecular weight is 443 g/mol. The van der Waals surface area contributed by atoms with E-state index in [2.05, 4.69) is 5.32 Å². The summed E-state index contributed by atoms with van der Waals surface area (Å²) in [4.78, 5) is 28.5. The van der Waals surface area contributed by atoms with Crippen LogP contribution in [0.2, 0.25) is 0 Å². The smallest absolute Gasteiger partial charge is 0.282 e. The van der Waals surface area contributed by atoms with E-state index in [0.29, 0.717) is 29.3 Å². The fourth-order valence-corrected chi connectivity index (χ4v) is 3.79. The molecule has 2 amide bonds. The maximum Gasteiger partial charge on any atom is 0.282 e. The van der Waals surface area contributed by atoms with Crippen molar-refractivity contribution in [3.63, 3.8) is 0 Å². The zero-order valence-corrected chi connectivity index (χ0v) is 19.1. The Labute approximate surface area is 193 Å². The van der Waals surface area contributed by atoms with Crippen LogP contribution in [0.15, 0.2) is 72.4 Å². The van der Waals surface area contributed by atoms with Crippen molar-refractivity contribution in [2.45, 2.75) is 20.8 Å². The Balaban J connectivity index is 1.81. The maximum absolute atomic E-state index is 13.7. The Morgan fingerprint density at radius 1 is 0.879 bits per heavy atom. The molecule has 3 aromatic carbocycles. The van der Waals surface area contributed by atoms with Gasteiger partial charge in [-0.05, 0) is 74.4 Å². The average Bonchev–Trinajstić information content (AvgIpc) is 3.06.